The molecule has 268 valence electrons. The first kappa shape index (κ1) is 33.0. The van der Waals surface area contributed by atoms with Crippen LogP contribution in [0.5, 0.6) is 0 Å². The summed E-state index contributed by atoms with van der Waals surface area (Å²) in [6.07, 6.45) is 0. The molecular formula is C55H37NO. The van der Waals surface area contributed by atoms with Gasteiger partial charge in [-0.15, -0.1) is 0 Å². The molecule has 0 aliphatic heterocycles. The summed E-state index contributed by atoms with van der Waals surface area (Å²) in [5.74, 6) is 0. The lowest BCUT2D eigenvalue weighted by Gasteiger charge is -2.33. The van der Waals surface area contributed by atoms with E-state index in [2.05, 4.69) is 229 Å². The van der Waals surface area contributed by atoms with E-state index in [-0.39, 0.29) is 0 Å². The first-order valence-corrected chi connectivity index (χ1v) is 19.6. The summed E-state index contributed by atoms with van der Waals surface area (Å²) in [5.41, 5.74) is 16.5. The zero-order valence-electron chi connectivity index (χ0n) is 31.2. The van der Waals surface area contributed by atoms with Crippen LogP contribution >= 0.6 is 0 Å². The first-order chi connectivity index (χ1) is 28.3. The average Bonchev–Trinajstić information content (AvgIpc) is 3.82. The number of furan rings is 1. The number of nitrogens with zero attached hydrogens (tertiary/aromatic N) is 1. The number of para-hydroxylation sites is 3. The Bertz CT molecular complexity index is 3010. The van der Waals surface area contributed by atoms with Crippen LogP contribution in [0.2, 0.25) is 0 Å². The number of anilines is 3. The molecule has 2 nitrogen and oxygen atoms in total. The maximum Gasteiger partial charge on any atom is 0.143 e. The van der Waals surface area contributed by atoms with Crippen molar-refractivity contribution in [3.05, 3.63) is 247 Å². The van der Waals surface area contributed by atoms with E-state index in [1.165, 1.54) is 38.9 Å². The lowest BCUT2D eigenvalue weighted by Crippen LogP contribution is -2.28. The molecule has 1 aliphatic rings. The van der Waals surface area contributed by atoms with Crippen molar-refractivity contribution in [3.8, 4) is 33.4 Å². The van der Waals surface area contributed by atoms with Crippen LogP contribution in [-0.2, 0) is 5.41 Å². The van der Waals surface area contributed by atoms with Gasteiger partial charge < -0.3 is 9.32 Å². The molecule has 0 fully saturated rings. The van der Waals surface area contributed by atoms with E-state index >= 15 is 0 Å². The zero-order chi connectivity index (χ0) is 37.8. The van der Waals surface area contributed by atoms with E-state index in [4.69, 9.17) is 4.42 Å². The Morgan fingerprint density at radius 3 is 1.49 bits per heavy atom. The third-order valence-electron chi connectivity index (χ3n) is 11.7. The normalized spacial score (nSPS) is 12.7. The Labute approximate surface area is 332 Å². The van der Waals surface area contributed by atoms with Crippen LogP contribution < -0.4 is 4.90 Å². The highest BCUT2D eigenvalue weighted by Crippen LogP contribution is 2.57. The number of hydrogen-bond donors (Lipinski definition) is 0. The molecule has 1 aromatic heterocycles. The minimum absolute atomic E-state index is 0.561. The SMILES string of the molecule is c1ccc(-c2ccc(N(c3ccccc3)c3cccc(-c4cccc5c4oc4c(C6(c7ccccc7)c7ccccc7-c7ccccc76)cccc45)c3)cc2)cc1. The molecular weight excluding hydrogens is 691 g/mol. The fraction of sp³-hybridized carbons (Fsp3) is 0.0182. The standard InChI is InChI=1S/C55H37NO/c1-4-17-38(18-5-1)39-33-35-43(36-34-39)56(42-22-8-3-9-23-42)44-24-14-19-40(37-44)45-27-15-28-48-49-29-16-32-52(54(49)57-53(45)48)55(41-20-6-2-7-21-41)50-30-12-10-25-46(50)47-26-11-13-31-51(47)55/h1-37H. The Balaban J connectivity index is 1.09. The van der Waals surface area contributed by atoms with Gasteiger partial charge >= 0.3 is 0 Å². The fourth-order valence-electron chi connectivity index (χ4n) is 9.29. The van der Waals surface area contributed by atoms with Gasteiger partial charge in [0.15, 0.2) is 0 Å². The van der Waals surface area contributed by atoms with Crippen molar-refractivity contribution in [2.75, 3.05) is 4.90 Å². The summed E-state index contributed by atoms with van der Waals surface area (Å²) >= 11 is 0. The molecule has 0 saturated heterocycles. The van der Waals surface area contributed by atoms with Crippen LogP contribution in [0.4, 0.5) is 17.1 Å². The van der Waals surface area contributed by atoms with E-state index in [1.54, 1.807) is 0 Å². The summed E-state index contributed by atoms with van der Waals surface area (Å²) in [6.45, 7) is 0. The van der Waals surface area contributed by atoms with Gasteiger partial charge in [0.05, 0.1) is 5.41 Å². The second-order valence-corrected chi connectivity index (χ2v) is 14.8. The van der Waals surface area contributed by atoms with Crippen molar-refractivity contribution in [2.45, 2.75) is 5.41 Å². The highest BCUT2D eigenvalue weighted by atomic mass is 16.3. The zero-order valence-corrected chi connectivity index (χ0v) is 31.2. The number of fused-ring (bicyclic) bond motifs is 6. The van der Waals surface area contributed by atoms with Gasteiger partial charge in [0.2, 0.25) is 0 Å². The number of rotatable bonds is 7. The van der Waals surface area contributed by atoms with Crippen molar-refractivity contribution in [3.63, 3.8) is 0 Å². The van der Waals surface area contributed by atoms with Crippen LogP contribution in [0, 0.1) is 0 Å². The maximum absolute atomic E-state index is 7.27. The predicted molar refractivity (Wildman–Crippen MR) is 237 cm³/mol. The van der Waals surface area contributed by atoms with E-state index in [1.807, 2.05) is 0 Å². The number of hydrogen-bond acceptors (Lipinski definition) is 2. The summed E-state index contributed by atoms with van der Waals surface area (Å²) < 4.78 is 7.27. The lowest BCUT2D eigenvalue weighted by molar-refractivity contribution is 0.649. The van der Waals surface area contributed by atoms with Crippen LogP contribution in [0.3, 0.4) is 0 Å². The Kier molecular flexibility index (Phi) is 7.75. The summed E-state index contributed by atoms with van der Waals surface area (Å²) in [4.78, 5) is 2.33. The van der Waals surface area contributed by atoms with Gasteiger partial charge in [-0.3, -0.25) is 0 Å². The second kappa shape index (κ2) is 13.4. The van der Waals surface area contributed by atoms with E-state index in [9.17, 15) is 0 Å². The van der Waals surface area contributed by atoms with E-state index in [0.717, 1.165) is 55.7 Å². The van der Waals surface area contributed by atoms with E-state index < -0.39 is 5.41 Å². The molecule has 0 atom stereocenters. The summed E-state index contributed by atoms with van der Waals surface area (Å²) in [5, 5.41) is 2.22. The van der Waals surface area contributed by atoms with Crippen molar-refractivity contribution in [1.82, 2.24) is 0 Å². The molecule has 1 heterocycles. The quantitative estimate of drug-likeness (QED) is 0.163. The van der Waals surface area contributed by atoms with Gasteiger partial charge in [-0.25, -0.2) is 0 Å². The summed E-state index contributed by atoms with van der Waals surface area (Å²) in [6, 6.07) is 80.8. The molecule has 11 rings (SSSR count). The Hall–Kier alpha value is -7.42. The molecule has 9 aromatic carbocycles. The van der Waals surface area contributed by atoms with Gasteiger partial charge in [0.1, 0.15) is 11.2 Å². The molecule has 0 radical (unpaired) electrons. The smallest absolute Gasteiger partial charge is 0.143 e. The topological polar surface area (TPSA) is 16.4 Å². The van der Waals surface area contributed by atoms with Crippen LogP contribution in [-0.4, -0.2) is 0 Å². The predicted octanol–water partition coefficient (Wildman–Crippen LogP) is 14.8. The van der Waals surface area contributed by atoms with Crippen molar-refractivity contribution in [1.29, 1.82) is 0 Å². The van der Waals surface area contributed by atoms with Gasteiger partial charge in [0, 0.05) is 39.0 Å². The highest BCUT2D eigenvalue weighted by Gasteiger charge is 2.47. The van der Waals surface area contributed by atoms with Crippen LogP contribution in [0.25, 0.3) is 55.3 Å². The van der Waals surface area contributed by atoms with Gasteiger partial charge in [-0.2, -0.15) is 0 Å². The molecule has 0 unspecified atom stereocenters. The van der Waals surface area contributed by atoms with E-state index in [0.29, 0.717) is 0 Å². The largest absolute Gasteiger partial charge is 0.455 e. The third-order valence-corrected chi connectivity index (χ3v) is 11.7. The first-order valence-electron chi connectivity index (χ1n) is 19.6. The minimum atomic E-state index is -0.561. The monoisotopic (exact) mass is 727 g/mol. The molecule has 0 bridgehead atoms. The molecule has 0 saturated carbocycles. The van der Waals surface area contributed by atoms with Gasteiger partial charge in [-0.1, -0.05) is 188 Å². The summed E-state index contributed by atoms with van der Waals surface area (Å²) in [7, 11) is 0. The van der Waals surface area contributed by atoms with Gasteiger partial charge in [-0.05, 0) is 80.9 Å². The maximum atomic E-state index is 7.27. The minimum Gasteiger partial charge on any atom is -0.455 e. The molecule has 0 amide bonds. The van der Waals surface area contributed by atoms with Crippen LogP contribution in [0.1, 0.15) is 22.3 Å². The number of benzene rings is 9. The third kappa shape index (κ3) is 5.18. The fourth-order valence-corrected chi connectivity index (χ4v) is 9.29. The molecule has 2 heteroatoms. The van der Waals surface area contributed by atoms with Crippen molar-refractivity contribution < 1.29 is 4.42 Å². The van der Waals surface area contributed by atoms with Crippen molar-refractivity contribution in [2.24, 2.45) is 0 Å². The Morgan fingerprint density at radius 2 is 0.789 bits per heavy atom. The molecule has 1 aliphatic carbocycles. The highest BCUT2D eigenvalue weighted by molar-refractivity contribution is 6.11. The van der Waals surface area contributed by atoms with Gasteiger partial charge in [0.25, 0.3) is 0 Å². The molecule has 0 spiro atoms. The second-order valence-electron chi connectivity index (χ2n) is 14.8. The average molecular weight is 728 g/mol. The van der Waals surface area contributed by atoms with Crippen LogP contribution in [0.15, 0.2) is 229 Å². The molecule has 10 aromatic rings. The van der Waals surface area contributed by atoms with Crippen molar-refractivity contribution >= 4 is 39.0 Å². The Morgan fingerprint density at radius 1 is 0.316 bits per heavy atom. The molecule has 0 N–H and O–H groups in total. The lowest BCUT2D eigenvalue weighted by atomic mass is 9.67. The molecule has 57 heavy (non-hydrogen) atoms.